The van der Waals surface area contributed by atoms with Crippen LogP contribution < -0.4 is 16.0 Å². The number of aryl methyl sites for hydroxylation is 2. The first kappa shape index (κ1) is 15.5. The van der Waals surface area contributed by atoms with Crippen LogP contribution in [0.5, 0.6) is 5.75 Å². The average molecular weight is 288 g/mol. The van der Waals surface area contributed by atoms with Gasteiger partial charge in [-0.05, 0) is 30.5 Å². The summed E-state index contributed by atoms with van der Waals surface area (Å²) in [4.78, 5) is 4.34. The zero-order valence-electron chi connectivity index (χ0n) is 12.7. The molecular weight excluding hydrogens is 264 g/mol. The lowest BCUT2D eigenvalue weighted by atomic mass is 10.0. The van der Waals surface area contributed by atoms with Crippen LogP contribution in [0.15, 0.2) is 36.7 Å². The molecule has 0 saturated heterocycles. The van der Waals surface area contributed by atoms with Gasteiger partial charge in [0.05, 0.1) is 6.61 Å². The van der Waals surface area contributed by atoms with Crippen LogP contribution in [0.25, 0.3) is 0 Å². The molecule has 0 amide bonds. The number of nitrogens with one attached hydrogen (secondary N) is 1. The highest BCUT2D eigenvalue weighted by molar-refractivity contribution is 5.30. The lowest BCUT2D eigenvalue weighted by molar-refractivity contribution is 0.316. The second kappa shape index (κ2) is 7.81. The van der Waals surface area contributed by atoms with Crippen molar-refractivity contribution in [3.05, 3.63) is 48.0 Å². The molecule has 21 heavy (non-hydrogen) atoms. The fraction of sp³-hybridized carbons (Fsp3) is 0.438. The number of nitrogens with zero attached hydrogens (tertiary/aromatic N) is 2. The molecule has 2 rings (SSSR count). The molecule has 1 heterocycles. The van der Waals surface area contributed by atoms with Gasteiger partial charge in [0.15, 0.2) is 0 Å². The van der Waals surface area contributed by atoms with Gasteiger partial charge >= 0.3 is 0 Å². The molecule has 5 nitrogen and oxygen atoms in total. The molecular formula is C16H24N4O. The van der Waals surface area contributed by atoms with E-state index in [0.717, 1.165) is 43.0 Å². The molecule has 0 bridgehead atoms. The predicted octanol–water partition coefficient (Wildman–Crippen LogP) is 2.35. The Morgan fingerprint density at radius 2 is 2.29 bits per heavy atom. The lowest BCUT2D eigenvalue weighted by Crippen LogP contribution is -2.28. The standard InChI is InChI=1S/C16H24N4O/c1-3-11-21-14-6-4-5-13(12-14)15(19-17)7-8-16-18-9-10-20(16)2/h4-6,9-10,12,15,19H,3,7-8,11,17H2,1-2H3. The maximum atomic E-state index is 5.71. The minimum Gasteiger partial charge on any atom is -0.494 e. The second-order valence-corrected chi connectivity index (χ2v) is 5.13. The van der Waals surface area contributed by atoms with Crippen molar-refractivity contribution >= 4 is 0 Å². The molecule has 114 valence electrons. The quantitative estimate of drug-likeness (QED) is 0.578. The minimum atomic E-state index is 0.0897. The Morgan fingerprint density at radius 3 is 2.95 bits per heavy atom. The van der Waals surface area contributed by atoms with Crippen molar-refractivity contribution in [3.63, 3.8) is 0 Å². The van der Waals surface area contributed by atoms with Crippen LogP contribution in [0.3, 0.4) is 0 Å². The first-order valence-corrected chi connectivity index (χ1v) is 7.39. The predicted molar refractivity (Wildman–Crippen MR) is 83.8 cm³/mol. The summed E-state index contributed by atoms with van der Waals surface area (Å²) in [6, 6.07) is 8.20. The molecule has 0 saturated carbocycles. The molecule has 0 radical (unpaired) electrons. The van der Waals surface area contributed by atoms with E-state index in [1.807, 2.05) is 36.1 Å². The number of hydrogen-bond donors (Lipinski definition) is 2. The van der Waals surface area contributed by atoms with Crippen molar-refractivity contribution in [2.45, 2.75) is 32.2 Å². The third-order valence-corrected chi connectivity index (χ3v) is 3.51. The molecule has 0 aliphatic heterocycles. The summed E-state index contributed by atoms with van der Waals surface area (Å²) in [5, 5.41) is 0. The van der Waals surface area contributed by atoms with E-state index in [2.05, 4.69) is 29.5 Å². The van der Waals surface area contributed by atoms with Gasteiger partial charge in [-0.15, -0.1) is 0 Å². The molecule has 5 heteroatoms. The van der Waals surface area contributed by atoms with E-state index >= 15 is 0 Å². The van der Waals surface area contributed by atoms with Gasteiger partial charge in [0.1, 0.15) is 11.6 Å². The van der Waals surface area contributed by atoms with Gasteiger partial charge in [0.2, 0.25) is 0 Å². The third-order valence-electron chi connectivity index (χ3n) is 3.51. The summed E-state index contributed by atoms with van der Waals surface area (Å²) >= 11 is 0. The van der Waals surface area contributed by atoms with Crippen LogP contribution in [0.2, 0.25) is 0 Å². The monoisotopic (exact) mass is 288 g/mol. The highest BCUT2D eigenvalue weighted by atomic mass is 16.5. The first-order valence-electron chi connectivity index (χ1n) is 7.39. The van der Waals surface area contributed by atoms with Crippen molar-refractivity contribution in [1.29, 1.82) is 0 Å². The van der Waals surface area contributed by atoms with Crippen LogP contribution in [-0.2, 0) is 13.5 Å². The van der Waals surface area contributed by atoms with Crippen molar-refractivity contribution in [2.75, 3.05) is 6.61 Å². The molecule has 0 aliphatic carbocycles. The number of imidazole rings is 1. The Labute approximate surface area is 126 Å². The van der Waals surface area contributed by atoms with E-state index in [1.165, 1.54) is 0 Å². The van der Waals surface area contributed by atoms with Crippen LogP contribution in [0.1, 0.15) is 37.2 Å². The zero-order valence-corrected chi connectivity index (χ0v) is 12.7. The Balaban J connectivity index is 2.01. The number of nitrogens with two attached hydrogens (primary N) is 1. The van der Waals surface area contributed by atoms with Gasteiger partial charge in [0.25, 0.3) is 0 Å². The number of hydrogen-bond acceptors (Lipinski definition) is 4. The molecule has 1 unspecified atom stereocenters. The van der Waals surface area contributed by atoms with Gasteiger partial charge < -0.3 is 9.30 Å². The van der Waals surface area contributed by atoms with E-state index in [-0.39, 0.29) is 6.04 Å². The Hall–Kier alpha value is -1.85. The number of rotatable bonds is 8. The summed E-state index contributed by atoms with van der Waals surface area (Å²) in [6.45, 7) is 2.83. The Bertz CT molecular complexity index is 553. The SMILES string of the molecule is CCCOc1cccc(C(CCc2nccn2C)NN)c1. The molecule has 2 aromatic rings. The summed E-state index contributed by atoms with van der Waals surface area (Å²) in [5.41, 5.74) is 4.03. The summed E-state index contributed by atoms with van der Waals surface area (Å²) in [7, 11) is 2.01. The van der Waals surface area contributed by atoms with E-state index in [4.69, 9.17) is 10.6 Å². The van der Waals surface area contributed by atoms with E-state index < -0.39 is 0 Å². The topological polar surface area (TPSA) is 65.1 Å². The molecule has 1 atom stereocenters. The van der Waals surface area contributed by atoms with E-state index in [1.54, 1.807) is 0 Å². The number of aromatic nitrogens is 2. The van der Waals surface area contributed by atoms with E-state index in [9.17, 15) is 0 Å². The maximum absolute atomic E-state index is 5.71. The molecule has 0 spiro atoms. The number of ether oxygens (including phenoxy) is 1. The van der Waals surface area contributed by atoms with Crippen molar-refractivity contribution in [3.8, 4) is 5.75 Å². The average Bonchev–Trinajstić information content (AvgIpc) is 2.92. The molecule has 1 aromatic heterocycles. The van der Waals surface area contributed by atoms with Gasteiger partial charge in [-0.3, -0.25) is 11.3 Å². The molecule has 0 aliphatic rings. The smallest absolute Gasteiger partial charge is 0.119 e. The normalized spacial score (nSPS) is 12.3. The number of benzene rings is 1. The summed E-state index contributed by atoms with van der Waals surface area (Å²) in [5.74, 6) is 7.67. The second-order valence-electron chi connectivity index (χ2n) is 5.13. The van der Waals surface area contributed by atoms with Gasteiger partial charge in [0, 0.05) is 31.9 Å². The fourth-order valence-electron chi connectivity index (χ4n) is 2.30. The third kappa shape index (κ3) is 4.31. The highest BCUT2D eigenvalue weighted by Crippen LogP contribution is 2.22. The van der Waals surface area contributed by atoms with Crippen LogP contribution in [-0.4, -0.2) is 16.2 Å². The van der Waals surface area contributed by atoms with Gasteiger partial charge in [-0.2, -0.15) is 0 Å². The van der Waals surface area contributed by atoms with Gasteiger partial charge in [-0.25, -0.2) is 4.98 Å². The van der Waals surface area contributed by atoms with Crippen LogP contribution in [0, 0.1) is 0 Å². The molecule has 0 fully saturated rings. The number of hydrazine groups is 1. The molecule has 1 aromatic carbocycles. The van der Waals surface area contributed by atoms with Crippen molar-refractivity contribution in [1.82, 2.24) is 15.0 Å². The Morgan fingerprint density at radius 1 is 1.43 bits per heavy atom. The largest absolute Gasteiger partial charge is 0.494 e. The van der Waals surface area contributed by atoms with Crippen LogP contribution >= 0.6 is 0 Å². The lowest BCUT2D eigenvalue weighted by Gasteiger charge is -2.17. The first-order chi connectivity index (χ1) is 10.2. The highest BCUT2D eigenvalue weighted by Gasteiger charge is 2.12. The summed E-state index contributed by atoms with van der Waals surface area (Å²) < 4.78 is 7.71. The molecule has 3 N–H and O–H groups in total. The van der Waals surface area contributed by atoms with Crippen molar-refractivity contribution < 1.29 is 4.74 Å². The summed E-state index contributed by atoms with van der Waals surface area (Å²) in [6.07, 6.45) is 6.54. The van der Waals surface area contributed by atoms with Gasteiger partial charge in [-0.1, -0.05) is 19.1 Å². The van der Waals surface area contributed by atoms with Crippen LogP contribution in [0.4, 0.5) is 0 Å². The maximum Gasteiger partial charge on any atom is 0.119 e. The van der Waals surface area contributed by atoms with E-state index in [0.29, 0.717) is 0 Å². The Kier molecular flexibility index (Phi) is 5.78. The fourth-order valence-corrected chi connectivity index (χ4v) is 2.30. The minimum absolute atomic E-state index is 0.0897. The zero-order chi connectivity index (χ0) is 15.1. The van der Waals surface area contributed by atoms with Crippen molar-refractivity contribution in [2.24, 2.45) is 12.9 Å².